The number of ether oxygens (including phenoxy) is 1. The van der Waals surface area contributed by atoms with Crippen LogP contribution in [0.4, 0.5) is 4.79 Å². The van der Waals surface area contributed by atoms with Crippen LogP contribution < -0.4 is 10.6 Å². The summed E-state index contributed by atoms with van der Waals surface area (Å²) in [6, 6.07) is 1.08. The number of amides is 1. The highest BCUT2D eigenvalue weighted by atomic mass is 16.6. The Kier molecular flexibility index (Phi) is 5.45. The first-order valence-corrected chi connectivity index (χ1v) is 7.07. The molecule has 0 aromatic heterocycles. The molecule has 0 spiro atoms. The lowest BCUT2D eigenvalue weighted by atomic mass is 10.1. The van der Waals surface area contributed by atoms with Gasteiger partial charge in [0.2, 0.25) is 0 Å². The van der Waals surface area contributed by atoms with E-state index in [1.807, 2.05) is 20.8 Å². The zero-order valence-electron chi connectivity index (χ0n) is 12.4. The van der Waals surface area contributed by atoms with E-state index < -0.39 is 5.60 Å². The van der Waals surface area contributed by atoms with Gasteiger partial charge in [-0.1, -0.05) is 6.92 Å². The third-order valence-electron chi connectivity index (χ3n) is 3.33. The lowest BCUT2D eigenvalue weighted by Gasteiger charge is -2.27. The largest absolute Gasteiger partial charge is 0.444 e. The fraction of sp³-hybridized carbons (Fsp3) is 0.929. The number of hydrogen-bond donors (Lipinski definition) is 2. The highest BCUT2D eigenvalue weighted by Crippen LogP contribution is 2.20. The fourth-order valence-electron chi connectivity index (χ4n) is 2.27. The first kappa shape index (κ1) is 15.3. The monoisotopic (exact) mass is 256 g/mol. The minimum Gasteiger partial charge on any atom is -0.444 e. The highest BCUT2D eigenvalue weighted by Gasteiger charge is 2.30. The molecule has 0 saturated heterocycles. The lowest BCUT2D eigenvalue weighted by molar-refractivity contribution is 0.0497. The summed E-state index contributed by atoms with van der Waals surface area (Å²) >= 11 is 0. The van der Waals surface area contributed by atoms with Crippen molar-refractivity contribution in [3.05, 3.63) is 0 Å². The van der Waals surface area contributed by atoms with Gasteiger partial charge < -0.3 is 15.4 Å². The molecular formula is C14H28N2O2. The maximum atomic E-state index is 11.8. The van der Waals surface area contributed by atoms with Gasteiger partial charge in [-0.3, -0.25) is 0 Å². The first-order chi connectivity index (χ1) is 8.31. The van der Waals surface area contributed by atoms with Crippen LogP contribution in [0.1, 0.15) is 60.3 Å². The van der Waals surface area contributed by atoms with E-state index in [0.29, 0.717) is 12.1 Å². The molecule has 0 aromatic rings. The molecule has 18 heavy (non-hydrogen) atoms. The van der Waals surface area contributed by atoms with Gasteiger partial charge in [0.05, 0.1) is 0 Å². The van der Waals surface area contributed by atoms with Crippen molar-refractivity contribution in [1.29, 1.82) is 0 Å². The summed E-state index contributed by atoms with van der Waals surface area (Å²) < 4.78 is 5.30. The number of carbonyl (C=O) groups is 1. The van der Waals surface area contributed by atoms with Gasteiger partial charge in [0.1, 0.15) is 5.60 Å². The summed E-state index contributed by atoms with van der Waals surface area (Å²) in [4.78, 5) is 11.8. The predicted octanol–water partition coefficient (Wildman–Crippen LogP) is 2.82. The Morgan fingerprint density at radius 3 is 2.50 bits per heavy atom. The van der Waals surface area contributed by atoms with Crippen LogP contribution >= 0.6 is 0 Å². The molecule has 1 amide bonds. The summed E-state index contributed by atoms with van der Waals surface area (Å²) in [5, 5.41) is 6.57. The summed E-state index contributed by atoms with van der Waals surface area (Å²) in [6.07, 6.45) is 4.13. The molecule has 2 N–H and O–H groups in total. The second-order valence-corrected chi connectivity index (χ2v) is 6.27. The zero-order valence-corrected chi connectivity index (χ0v) is 12.4. The Morgan fingerprint density at radius 1 is 1.33 bits per heavy atom. The molecule has 0 radical (unpaired) electrons. The van der Waals surface area contributed by atoms with Crippen molar-refractivity contribution in [3.8, 4) is 0 Å². The Labute approximate surface area is 111 Å². The van der Waals surface area contributed by atoms with E-state index in [1.165, 1.54) is 0 Å². The van der Waals surface area contributed by atoms with Crippen molar-refractivity contribution in [2.75, 3.05) is 0 Å². The van der Waals surface area contributed by atoms with Gasteiger partial charge in [0, 0.05) is 18.1 Å². The molecular weight excluding hydrogens is 228 g/mol. The molecule has 4 nitrogen and oxygen atoms in total. The van der Waals surface area contributed by atoms with Gasteiger partial charge in [-0.25, -0.2) is 4.79 Å². The molecule has 0 heterocycles. The average Bonchev–Trinajstić information content (AvgIpc) is 2.62. The van der Waals surface area contributed by atoms with Crippen LogP contribution in [0.2, 0.25) is 0 Å². The van der Waals surface area contributed by atoms with E-state index in [-0.39, 0.29) is 12.1 Å². The van der Waals surface area contributed by atoms with Gasteiger partial charge in [-0.05, 0) is 53.4 Å². The van der Waals surface area contributed by atoms with Crippen LogP contribution in [-0.4, -0.2) is 29.8 Å². The van der Waals surface area contributed by atoms with Crippen molar-refractivity contribution < 1.29 is 9.53 Å². The Bertz CT molecular complexity index is 273. The van der Waals surface area contributed by atoms with Gasteiger partial charge >= 0.3 is 6.09 Å². The predicted molar refractivity (Wildman–Crippen MR) is 73.7 cm³/mol. The first-order valence-electron chi connectivity index (χ1n) is 7.07. The molecule has 1 aliphatic carbocycles. The molecule has 3 unspecified atom stereocenters. The van der Waals surface area contributed by atoms with Gasteiger partial charge in [-0.15, -0.1) is 0 Å². The van der Waals surface area contributed by atoms with Crippen LogP contribution in [0.15, 0.2) is 0 Å². The van der Waals surface area contributed by atoms with Crippen molar-refractivity contribution in [2.45, 2.75) is 84.0 Å². The van der Waals surface area contributed by atoms with E-state index in [4.69, 9.17) is 4.74 Å². The quantitative estimate of drug-likeness (QED) is 0.813. The Hall–Kier alpha value is -0.770. The molecule has 4 heteroatoms. The van der Waals surface area contributed by atoms with Gasteiger partial charge in [-0.2, -0.15) is 0 Å². The maximum Gasteiger partial charge on any atom is 0.407 e. The van der Waals surface area contributed by atoms with Crippen LogP contribution in [0.25, 0.3) is 0 Å². The van der Waals surface area contributed by atoms with Crippen LogP contribution in [-0.2, 0) is 4.74 Å². The summed E-state index contributed by atoms with van der Waals surface area (Å²) in [5.41, 5.74) is -0.428. The SMILES string of the molecule is CCC(C)NC1CCCC1NC(=O)OC(C)(C)C. The van der Waals surface area contributed by atoms with E-state index in [1.54, 1.807) is 0 Å². The molecule has 0 aliphatic heterocycles. The number of nitrogens with one attached hydrogen (secondary N) is 2. The molecule has 0 bridgehead atoms. The minimum absolute atomic E-state index is 0.203. The average molecular weight is 256 g/mol. The van der Waals surface area contributed by atoms with Crippen molar-refractivity contribution >= 4 is 6.09 Å². The minimum atomic E-state index is -0.428. The van der Waals surface area contributed by atoms with E-state index in [2.05, 4.69) is 24.5 Å². The molecule has 1 aliphatic rings. The summed E-state index contributed by atoms with van der Waals surface area (Å²) in [7, 11) is 0. The summed E-state index contributed by atoms with van der Waals surface area (Å²) in [6.45, 7) is 10.0. The Morgan fingerprint density at radius 2 is 1.94 bits per heavy atom. The normalized spacial score (nSPS) is 25.8. The number of carbonyl (C=O) groups excluding carboxylic acids is 1. The smallest absolute Gasteiger partial charge is 0.407 e. The molecule has 1 rings (SSSR count). The van der Waals surface area contributed by atoms with Crippen molar-refractivity contribution in [3.63, 3.8) is 0 Å². The van der Waals surface area contributed by atoms with Crippen LogP contribution in [0.3, 0.4) is 0 Å². The van der Waals surface area contributed by atoms with E-state index in [0.717, 1.165) is 25.7 Å². The highest BCUT2D eigenvalue weighted by molar-refractivity contribution is 5.68. The summed E-state index contributed by atoms with van der Waals surface area (Å²) in [5.74, 6) is 0. The fourth-order valence-corrected chi connectivity index (χ4v) is 2.27. The second kappa shape index (κ2) is 6.41. The molecule has 3 atom stereocenters. The zero-order chi connectivity index (χ0) is 13.8. The Balaban J connectivity index is 2.42. The standard InChI is InChI=1S/C14H28N2O2/c1-6-10(2)15-11-8-7-9-12(11)16-13(17)18-14(3,4)5/h10-12,15H,6-9H2,1-5H3,(H,16,17). The van der Waals surface area contributed by atoms with Crippen LogP contribution in [0.5, 0.6) is 0 Å². The molecule has 1 fully saturated rings. The maximum absolute atomic E-state index is 11.8. The van der Waals surface area contributed by atoms with E-state index >= 15 is 0 Å². The second-order valence-electron chi connectivity index (χ2n) is 6.27. The molecule has 0 aromatic carbocycles. The van der Waals surface area contributed by atoms with E-state index in [9.17, 15) is 4.79 Å². The van der Waals surface area contributed by atoms with Gasteiger partial charge in [0.15, 0.2) is 0 Å². The molecule has 106 valence electrons. The van der Waals surface area contributed by atoms with Crippen molar-refractivity contribution in [2.24, 2.45) is 0 Å². The third kappa shape index (κ3) is 5.25. The van der Waals surface area contributed by atoms with Crippen LogP contribution in [0, 0.1) is 0 Å². The molecule has 1 saturated carbocycles. The van der Waals surface area contributed by atoms with Crippen molar-refractivity contribution in [1.82, 2.24) is 10.6 Å². The number of alkyl carbamates (subject to hydrolysis) is 1. The number of hydrogen-bond acceptors (Lipinski definition) is 3. The topological polar surface area (TPSA) is 50.4 Å². The van der Waals surface area contributed by atoms with Gasteiger partial charge in [0.25, 0.3) is 0 Å². The number of rotatable bonds is 4. The third-order valence-corrected chi connectivity index (χ3v) is 3.33. The lowest BCUT2D eigenvalue weighted by Crippen LogP contribution is -2.50.